The van der Waals surface area contributed by atoms with Crippen molar-refractivity contribution in [2.45, 2.75) is 12.3 Å². The minimum Gasteiger partial charge on any atom is -0.497 e. The SMILES string of the molecule is COc1ccn2c(C3CCS(=O)(=O)C3)nnc2c1. The van der Waals surface area contributed by atoms with Crippen molar-refractivity contribution in [3.8, 4) is 5.75 Å². The molecular weight excluding hydrogens is 254 g/mol. The molecule has 0 aliphatic carbocycles. The van der Waals surface area contributed by atoms with E-state index in [1.54, 1.807) is 13.2 Å². The van der Waals surface area contributed by atoms with Crippen LogP contribution in [-0.2, 0) is 9.84 Å². The highest BCUT2D eigenvalue weighted by molar-refractivity contribution is 7.91. The molecule has 7 heteroatoms. The summed E-state index contributed by atoms with van der Waals surface area (Å²) < 4.78 is 29.9. The van der Waals surface area contributed by atoms with Crippen LogP contribution in [-0.4, -0.2) is 41.6 Å². The minimum atomic E-state index is -2.91. The van der Waals surface area contributed by atoms with Crippen LogP contribution in [0.5, 0.6) is 5.75 Å². The second kappa shape index (κ2) is 3.94. The van der Waals surface area contributed by atoms with E-state index in [1.807, 2.05) is 16.7 Å². The number of pyridine rings is 1. The molecule has 3 rings (SSSR count). The minimum absolute atomic E-state index is 0.0570. The van der Waals surface area contributed by atoms with Crippen LogP contribution in [0.15, 0.2) is 18.3 Å². The molecule has 1 aliphatic heterocycles. The molecule has 0 saturated carbocycles. The van der Waals surface area contributed by atoms with Gasteiger partial charge in [-0.2, -0.15) is 0 Å². The molecule has 1 fully saturated rings. The number of ether oxygens (including phenoxy) is 1. The Morgan fingerprint density at radius 3 is 2.94 bits per heavy atom. The predicted octanol–water partition coefficient (Wildman–Crippen LogP) is 0.640. The Hall–Kier alpha value is -1.63. The molecule has 0 radical (unpaired) electrons. The van der Waals surface area contributed by atoms with Gasteiger partial charge in [0.25, 0.3) is 0 Å². The number of nitrogens with zero attached hydrogens (tertiary/aromatic N) is 3. The summed E-state index contributed by atoms with van der Waals surface area (Å²) in [5.41, 5.74) is 0.675. The molecular formula is C11H13N3O3S. The van der Waals surface area contributed by atoms with Crippen molar-refractivity contribution >= 4 is 15.5 Å². The molecule has 96 valence electrons. The zero-order valence-corrected chi connectivity index (χ0v) is 10.7. The molecule has 0 amide bonds. The van der Waals surface area contributed by atoms with E-state index in [0.717, 1.165) is 0 Å². The number of fused-ring (bicyclic) bond motifs is 1. The van der Waals surface area contributed by atoms with E-state index in [0.29, 0.717) is 23.6 Å². The molecule has 3 heterocycles. The van der Waals surface area contributed by atoms with Crippen LogP contribution in [0, 0.1) is 0 Å². The number of sulfone groups is 1. The fourth-order valence-electron chi connectivity index (χ4n) is 2.29. The van der Waals surface area contributed by atoms with Crippen molar-refractivity contribution in [3.05, 3.63) is 24.2 Å². The number of aromatic nitrogens is 3. The van der Waals surface area contributed by atoms with E-state index in [9.17, 15) is 8.42 Å². The van der Waals surface area contributed by atoms with Gasteiger partial charge in [0.2, 0.25) is 0 Å². The van der Waals surface area contributed by atoms with Crippen molar-refractivity contribution in [2.24, 2.45) is 0 Å². The normalized spacial score (nSPS) is 22.4. The first-order chi connectivity index (χ1) is 8.59. The van der Waals surface area contributed by atoms with E-state index < -0.39 is 9.84 Å². The van der Waals surface area contributed by atoms with Crippen molar-refractivity contribution in [2.75, 3.05) is 18.6 Å². The molecule has 0 aromatic carbocycles. The highest BCUT2D eigenvalue weighted by atomic mass is 32.2. The lowest BCUT2D eigenvalue weighted by atomic mass is 10.1. The molecule has 18 heavy (non-hydrogen) atoms. The Labute approximate surface area is 105 Å². The maximum Gasteiger partial charge on any atom is 0.164 e. The smallest absolute Gasteiger partial charge is 0.164 e. The summed E-state index contributed by atoms with van der Waals surface area (Å²) in [7, 11) is -1.32. The molecule has 0 spiro atoms. The average Bonchev–Trinajstić information content (AvgIpc) is 2.91. The molecule has 1 unspecified atom stereocenters. The number of hydrogen-bond donors (Lipinski definition) is 0. The van der Waals surface area contributed by atoms with Crippen molar-refractivity contribution in [3.63, 3.8) is 0 Å². The zero-order valence-electron chi connectivity index (χ0n) is 9.91. The summed E-state index contributed by atoms with van der Waals surface area (Å²) in [6.45, 7) is 0. The number of methoxy groups -OCH3 is 1. The Kier molecular flexibility index (Phi) is 2.51. The number of rotatable bonds is 2. The van der Waals surface area contributed by atoms with Crippen LogP contribution in [0.2, 0.25) is 0 Å². The highest BCUT2D eigenvalue weighted by Crippen LogP contribution is 2.28. The summed E-state index contributed by atoms with van der Waals surface area (Å²) >= 11 is 0. The summed E-state index contributed by atoms with van der Waals surface area (Å²) in [4.78, 5) is 0. The summed E-state index contributed by atoms with van der Waals surface area (Å²) in [6, 6.07) is 3.59. The molecule has 0 bridgehead atoms. The predicted molar refractivity (Wildman–Crippen MR) is 65.6 cm³/mol. The average molecular weight is 267 g/mol. The first-order valence-corrected chi connectivity index (χ1v) is 7.50. The van der Waals surface area contributed by atoms with Crippen LogP contribution in [0.25, 0.3) is 5.65 Å². The van der Waals surface area contributed by atoms with E-state index in [4.69, 9.17) is 4.74 Å². The van der Waals surface area contributed by atoms with Gasteiger partial charge in [-0.05, 0) is 12.5 Å². The summed E-state index contributed by atoms with van der Waals surface area (Å²) in [5, 5.41) is 8.17. The molecule has 1 saturated heterocycles. The van der Waals surface area contributed by atoms with Gasteiger partial charge in [0.05, 0.1) is 18.6 Å². The van der Waals surface area contributed by atoms with Gasteiger partial charge < -0.3 is 4.74 Å². The standard InChI is InChI=1S/C11H13N3O3S/c1-17-9-2-4-14-10(6-9)12-13-11(14)8-3-5-18(15,16)7-8/h2,4,6,8H,3,5,7H2,1H3. The third kappa shape index (κ3) is 1.84. The largest absolute Gasteiger partial charge is 0.497 e. The molecule has 1 aliphatic rings. The summed E-state index contributed by atoms with van der Waals surface area (Å²) in [5.74, 6) is 1.77. The highest BCUT2D eigenvalue weighted by Gasteiger charge is 2.32. The van der Waals surface area contributed by atoms with E-state index in [1.165, 1.54) is 0 Å². The fourth-order valence-corrected chi connectivity index (χ4v) is 4.03. The fraction of sp³-hybridized carbons (Fsp3) is 0.455. The van der Waals surface area contributed by atoms with Gasteiger partial charge in [0.1, 0.15) is 11.6 Å². The lowest BCUT2D eigenvalue weighted by molar-refractivity contribution is 0.414. The van der Waals surface area contributed by atoms with Crippen LogP contribution in [0.1, 0.15) is 18.2 Å². The quantitative estimate of drug-likeness (QED) is 0.798. The molecule has 1 atom stereocenters. The first kappa shape index (κ1) is 11.5. The van der Waals surface area contributed by atoms with Crippen LogP contribution < -0.4 is 4.74 Å². The maximum absolute atomic E-state index is 11.5. The Morgan fingerprint density at radius 1 is 1.44 bits per heavy atom. The van der Waals surface area contributed by atoms with Gasteiger partial charge in [-0.1, -0.05) is 0 Å². The lowest BCUT2D eigenvalue weighted by Crippen LogP contribution is -2.07. The molecule has 2 aromatic rings. The first-order valence-electron chi connectivity index (χ1n) is 5.68. The Balaban J connectivity index is 2.03. The van der Waals surface area contributed by atoms with E-state index in [2.05, 4.69) is 10.2 Å². The topological polar surface area (TPSA) is 73.6 Å². The maximum atomic E-state index is 11.5. The second-order valence-electron chi connectivity index (χ2n) is 4.45. The third-order valence-corrected chi connectivity index (χ3v) is 5.01. The van der Waals surface area contributed by atoms with E-state index in [-0.39, 0.29) is 17.4 Å². The van der Waals surface area contributed by atoms with Gasteiger partial charge in [0, 0.05) is 18.2 Å². The van der Waals surface area contributed by atoms with Gasteiger partial charge in [-0.15, -0.1) is 10.2 Å². The van der Waals surface area contributed by atoms with Crippen LogP contribution in [0.3, 0.4) is 0 Å². The molecule has 0 N–H and O–H groups in total. The van der Waals surface area contributed by atoms with Gasteiger partial charge in [0.15, 0.2) is 15.5 Å². The monoisotopic (exact) mass is 267 g/mol. The van der Waals surface area contributed by atoms with Crippen LogP contribution in [0.4, 0.5) is 0 Å². The molecule has 2 aromatic heterocycles. The lowest BCUT2D eigenvalue weighted by Gasteiger charge is -2.05. The van der Waals surface area contributed by atoms with Gasteiger partial charge >= 0.3 is 0 Å². The zero-order chi connectivity index (χ0) is 12.8. The molecule has 6 nitrogen and oxygen atoms in total. The van der Waals surface area contributed by atoms with Crippen molar-refractivity contribution in [1.29, 1.82) is 0 Å². The Morgan fingerprint density at radius 2 is 2.28 bits per heavy atom. The number of hydrogen-bond acceptors (Lipinski definition) is 5. The van der Waals surface area contributed by atoms with Gasteiger partial charge in [-0.25, -0.2) is 8.42 Å². The van der Waals surface area contributed by atoms with Gasteiger partial charge in [-0.3, -0.25) is 4.40 Å². The Bertz CT molecular complexity index is 693. The van der Waals surface area contributed by atoms with Crippen LogP contribution >= 0.6 is 0 Å². The second-order valence-corrected chi connectivity index (χ2v) is 6.68. The van der Waals surface area contributed by atoms with Crippen molar-refractivity contribution in [1.82, 2.24) is 14.6 Å². The van der Waals surface area contributed by atoms with Crippen molar-refractivity contribution < 1.29 is 13.2 Å². The third-order valence-electron chi connectivity index (χ3n) is 3.24. The summed E-state index contributed by atoms with van der Waals surface area (Å²) in [6.07, 6.45) is 2.43. The van der Waals surface area contributed by atoms with E-state index >= 15 is 0 Å².